The number of hydrogen-bond donors (Lipinski definition) is 0. The average Bonchev–Trinajstić information content (AvgIpc) is 2.37. The number of benzene rings is 2. The highest BCUT2D eigenvalue weighted by molar-refractivity contribution is 9.10. The van der Waals surface area contributed by atoms with Crippen LogP contribution in [0.4, 0.5) is 8.78 Å². The van der Waals surface area contributed by atoms with Crippen molar-refractivity contribution in [1.82, 2.24) is 0 Å². The van der Waals surface area contributed by atoms with Crippen LogP contribution in [-0.2, 0) is 5.88 Å². The molecule has 0 bridgehead atoms. The molecule has 0 N–H and O–H groups in total. The van der Waals surface area contributed by atoms with Crippen molar-refractivity contribution in [3.8, 4) is 11.5 Å². The number of halogens is 5. The van der Waals surface area contributed by atoms with Gasteiger partial charge in [0.2, 0.25) is 0 Å². The van der Waals surface area contributed by atoms with Gasteiger partial charge >= 0.3 is 0 Å². The fraction of sp³-hybridized carbons (Fsp3) is 0.0769. The number of ether oxygens (including phenoxy) is 1. The third kappa shape index (κ3) is 3.38. The van der Waals surface area contributed by atoms with Crippen LogP contribution in [0.25, 0.3) is 0 Å². The molecule has 0 amide bonds. The van der Waals surface area contributed by atoms with Crippen LogP contribution in [-0.4, -0.2) is 0 Å². The van der Waals surface area contributed by atoms with Crippen LogP contribution in [0.5, 0.6) is 11.5 Å². The maximum Gasteiger partial charge on any atom is 0.149 e. The summed E-state index contributed by atoms with van der Waals surface area (Å²) in [6, 6.07) is 6.44. The van der Waals surface area contributed by atoms with Crippen LogP contribution in [0.2, 0.25) is 5.02 Å². The molecule has 0 aliphatic carbocycles. The predicted octanol–water partition coefficient (Wildman–Crippen LogP) is 5.91. The summed E-state index contributed by atoms with van der Waals surface area (Å²) in [6.45, 7) is 0. The van der Waals surface area contributed by atoms with E-state index >= 15 is 0 Å². The normalized spacial score (nSPS) is 10.6. The Labute approximate surface area is 127 Å². The van der Waals surface area contributed by atoms with Gasteiger partial charge in [0.05, 0.1) is 15.4 Å². The molecule has 0 heterocycles. The molecule has 0 saturated heterocycles. The van der Waals surface area contributed by atoms with E-state index in [0.717, 1.165) is 6.07 Å². The van der Waals surface area contributed by atoms with E-state index in [2.05, 4.69) is 15.9 Å². The van der Waals surface area contributed by atoms with Gasteiger partial charge in [0.1, 0.15) is 23.1 Å². The summed E-state index contributed by atoms with van der Waals surface area (Å²) in [5.74, 6) is -0.380. The Morgan fingerprint density at radius 3 is 2.53 bits per heavy atom. The molecule has 0 aliphatic heterocycles. The Hall–Kier alpha value is -0.840. The molecule has 100 valence electrons. The summed E-state index contributed by atoms with van der Waals surface area (Å²) in [5.41, 5.74) is 0.459. The molecular formula is C13H7BrCl2F2O. The lowest BCUT2D eigenvalue weighted by atomic mass is 10.2. The summed E-state index contributed by atoms with van der Waals surface area (Å²) < 4.78 is 32.2. The predicted molar refractivity (Wildman–Crippen MR) is 75.1 cm³/mol. The fourth-order valence-corrected chi connectivity index (χ4v) is 2.34. The van der Waals surface area contributed by atoms with Gasteiger partial charge in [-0.15, -0.1) is 11.6 Å². The van der Waals surface area contributed by atoms with E-state index in [0.29, 0.717) is 11.3 Å². The summed E-state index contributed by atoms with van der Waals surface area (Å²) in [4.78, 5) is 0. The Kier molecular flexibility index (Phi) is 4.66. The topological polar surface area (TPSA) is 9.23 Å². The monoisotopic (exact) mass is 366 g/mol. The number of rotatable bonds is 3. The summed E-state index contributed by atoms with van der Waals surface area (Å²) in [5, 5.41) is 0.234. The molecule has 0 spiro atoms. The third-order valence-corrected chi connectivity index (χ3v) is 3.55. The summed E-state index contributed by atoms with van der Waals surface area (Å²) in [7, 11) is 0. The molecule has 0 atom stereocenters. The number of alkyl halides is 1. The minimum Gasteiger partial charge on any atom is -0.455 e. The smallest absolute Gasteiger partial charge is 0.149 e. The van der Waals surface area contributed by atoms with Crippen molar-refractivity contribution in [3.05, 3.63) is 57.0 Å². The molecule has 0 unspecified atom stereocenters. The van der Waals surface area contributed by atoms with Gasteiger partial charge in [-0.1, -0.05) is 11.6 Å². The Morgan fingerprint density at radius 1 is 1.11 bits per heavy atom. The van der Waals surface area contributed by atoms with Crippen molar-refractivity contribution >= 4 is 39.1 Å². The van der Waals surface area contributed by atoms with Crippen molar-refractivity contribution < 1.29 is 13.5 Å². The van der Waals surface area contributed by atoms with E-state index < -0.39 is 11.6 Å². The first kappa shape index (κ1) is 14.6. The van der Waals surface area contributed by atoms with Crippen LogP contribution in [0.15, 0.2) is 34.8 Å². The summed E-state index contributed by atoms with van der Waals surface area (Å²) in [6.07, 6.45) is 0. The van der Waals surface area contributed by atoms with E-state index in [1.165, 1.54) is 24.3 Å². The lowest BCUT2D eigenvalue weighted by Crippen LogP contribution is -1.92. The highest BCUT2D eigenvalue weighted by atomic mass is 79.9. The molecule has 2 aromatic carbocycles. The molecule has 2 rings (SSSR count). The van der Waals surface area contributed by atoms with Crippen LogP contribution >= 0.6 is 39.1 Å². The zero-order valence-electron chi connectivity index (χ0n) is 9.39. The first-order chi connectivity index (χ1) is 9.01. The first-order valence-electron chi connectivity index (χ1n) is 5.18. The van der Waals surface area contributed by atoms with Gasteiger partial charge in [-0.3, -0.25) is 0 Å². The van der Waals surface area contributed by atoms with Crippen LogP contribution in [0.1, 0.15) is 5.56 Å². The molecule has 0 fully saturated rings. The quantitative estimate of drug-likeness (QED) is 0.483. The van der Waals surface area contributed by atoms with Crippen LogP contribution < -0.4 is 4.74 Å². The van der Waals surface area contributed by atoms with Gasteiger partial charge < -0.3 is 4.74 Å². The lowest BCUT2D eigenvalue weighted by molar-refractivity contribution is 0.470. The van der Waals surface area contributed by atoms with Gasteiger partial charge in [-0.2, -0.15) is 0 Å². The second-order valence-electron chi connectivity index (χ2n) is 3.68. The van der Waals surface area contributed by atoms with Crippen molar-refractivity contribution in [1.29, 1.82) is 0 Å². The van der Waals surface area contributed by atoms with Crippen molar-refractivity contribution in [3.63, 3.8) is 0 Å². The number of hydrogen-bond acceptors (Lipinski definition) is 1. The molecule has 0 radical (unpaired) electrons. The maximum atomic E-state index is 13.4. The molecule has 2 aromatic rings. The highest BCUT2D eigenvalue weighted by Gasteiger charge is 2.11. The first-order valence-corrected chi connectivity index (χ1v) is 6.88. The molecule has 0 aliphatic rings. The van der Waals surface area contributed by atoms with E-state index in [4.69, 9.17) is 27.9 Å². The Balaban J connectivity index is 2.39. The van der Waals surface area contributed by atoms with Crippen molar-refractivity contribution in [2.75, 3.05) is 0 Å². The minimum atomic E-state index is -0.506. The van der Waals surface area contributed by atoms with E-state index in [9.17, 15) is 8.78 Å². The SMILES string of the molecule is Fc1ccc(Oc2cc(F)c(Br)cc2Cl)c(CCl)c1. The van der Waals surface area contributed by atoms with Crippen LogP contribution in [0, 0.1) is 11.6 Å². The van der Waals surface area contributed by atoms with E-state index in [1.807, 2.05) is 0 Å². The summed E-state index contributed by atoms with van der Waals surface area (Å²) >= 11 is 14.7. The molecule has 19 heavy (non-hydrogen) atoms. The molecular weight excluding hydrogens is 361 g/mol. The zero-order valence-corrected chi connectivity index (χ0v) is 12.5. The highest BCUT2D eigenvalue weighted by Crippen LogP contribution is 2.35. The second kappa shape index (κ2) is 6.07. The van der Waals surface area contributed by atoms with Gasteiger partial charge in [0, 0.05) is 11.6 Å². The Bertz CT molecular complexity index is 620. The molecule has 0 aromatic heterocycles. The molecule has 0 saturated carbocycles. The van der Waals surface area contributed by atoms with E-state index in [1.54, 1.807) is 0 Å². The maximum absolute atomic E-state index is 13.4. The second-order valence-corrected chi connectivity index (χ2v) is 5.21. The van der Waals surface area contributed by atoms with Crippen molar-refractivity contribution in [2.24, 2.45) is 0 Å². The van der Waals surface area contributed by atoms with Gasteiger partial charge in [-0.05, 0) is 40.2 Å². The standard InChI is InChI=1S/C13H7BrCl2F2O/c14-9-4-10(16)13(5-11(9)18)19-12-2-1-8(17)3-7(12)6-15/h1-5H,6H2. The fourth-order valence-electron chi connectivity index (χ4n) is 1.45. The van der Waals surface area contributed by atoms with Gasteiger partial charge in [0.25, 0.3) is 0 Å². The Morgan fingerprint density at radius 2 is 1.84 bits per heavy atom. The molecule has 1 nitrogen and oxygen atoms in total. The third-order valence-electron chi connectivity index (χ3n) is 2.36. The molecule has 6 heteroatoms. The lowest BCUT2D eigenvalue weighted by Gasteiger charge is -2.11. The van der Waals surface area contributed by atoms with Crippen molar-refractivity contribution in [2.45, 2.75) is 5.88 Å². The van der Waals surface area contributed by atoms with Gasteiger partial charge in [-0.25, -0.2) is 8.78 Å². The zero-order chi connectivity index (χ0) is 14.0. The average molecular weight is 368 g/mol. The largest absolute Gasteiger partial charge is 0.455 e. The van der Waals surface area contributed by atoms with E-state index in [-0.39, 0.29) is 21.1 Å². The minimum absolute atomic E-state index is 0.0731. The van der Waals surface area contributed by atoms with Crippen LogP contribution in [0.3, 0.4) is 0 Å². The van der Waals surface area contributed by atoms with Gasteiger partial charge in [0.15, 0.2) is 0 Å².